The molecule has 1 amide bonds. The van der Waals surface area contributed by atoms with Crippen LogP contribution in [0.3, 0.4) is 0 Å². The van der Waals surface area contributed by atoms with Gasteiger partial charge in [0.1, 0.15) is 5.82 Å². The van der Waals surface area contributed by atoms with E-state index in [4.69, 9.17) is 5.73 Å². The van der Waals surface area contributed by atoms with Gasteiger partial charge in [-0.25, -0.2) is 4.98 Å². The largest absolute Gasteiger partial charge is 0.357 e. The van der Waals surface area contributed by atoms with Crippen molar-refractivity contribution in [3.8, 4) is 0 Å². The molecule has 25 heavy (non-hydrogen) atoms. The van der Waals surface area contributed by atoms with Crippen molar-refractivity contribution in [2.24, 2.45) is 11.7 Å². The standard InChI is InChI=1S/C18H30N4O.2ClH/c1-3-21(18(23)8-7-15(2)19)14-16-9-12-22(13-10-16)17-6-4-5-11-20-17;;/h4-6,11,15-16H,3,7-10,12-14,19H2,1-2H3;2*1H. The Hall–Kier alpha value is -1.04. The zero-order valence-corrected chi connectivity index (χ0v) is 16.9. The number of carbonyl (C=O) groups excluding carboxylic acids is 1. The first-order valence-corrected chi connectivity index (χ1v) is 8.79. The van der Waals surface area contributed by atoms with E-state index in [0.29, 0.717) is 12.3 Å². The fraction of sp³-hybridized carbons (Fsp3) is 0.667. The lowest BCUT2D eigenvalue weighted by molar-refractivity contribution is -0.131. The summed E-state index contributed by atoms with van der Waals surface area (Å²) < 4.78 is 0. The number of carbonyl (C=O) groups is 1. The Morgan fingerprint density at radius 2 is 2.04 bits per heavy atom. The van der Waals surface area contributed by atoms with Gasteiger partial charge in [0.2, 0.25) is 5.91 Å². The lowest BCUT2D eigenvalue weighted by Gasteiger charge is -2.35. The molecule has 144 valence electrons. The van der Waals surface area contributed by atoms with Crippen LogP contribution in [0.25, 0.3) is 0 Å². The van der Waals surface area contributed by atoms with Crippen LogP contribution >= 0.6 is 24.8 Å². The Balaban J connectivity index is 0.00000288. The topological polar surface area (TPSA) is 62.5 Å². The average molecular weight is 391 g/mol. The number of aromatic nitrogens is 1. The normalized spacial score (nSPS) is 15.7. The molecule has 1 aromatic rings. The van der Waals surface area contributed by atoms with Gasteiger partial charge in [-0.2, -0.15) is 0 Å². The molecule has 0 saturated carbocycles. The molecule has 1 fully saturated rings. The third-order valence-electron chi connectivity index (χ3n) is 4.61. The van der Waals surface area contributed by atoms with E-state index >= 15 is 0 Å². The van der Waals surface area contributed by atoms with Gasteiger partial charge < -0.3 is 15.5 Å². The SMILES string of the molecule is CCN(CC1CCN(c2ccccn2)CC1)C(=O)CCC(C)N.Cl.Cl. The quantitative estimate of drug-likeness (QED) is 0.776. The van der Waals surface area contributed by atoms with Crippen LogP contribution in [0.1, 0.15) is 39.5 Å². The Kier molecular flexibility index (Phi) is 11.8. The van der Waals surface area contributed by atoms with Crippen LogP contribution < -0.4 is 10.6 Å². The Bertz CT molecular complexity index is 479. The van der Waals surface area contributed by atoms with E-state index in [-0.39, 0.29) is 36.8 Å². The first-order chi connectivity index (χ1) is 11.1. The van der Waals surface area contributed by atoms with Gasteiger partial charge >= 0.3 is 0 Å². The Labute approximate surface area is 164 Å². The molecule has 1 aromatic heterocycles. The van der Waals surface area contributed by atoms with Gasteiger partial charge in [0.25, 0.3) is 0 Å². The molecule has 0 radical (unpaired) electrons. The van der Waals surface area contributed by atoms with E-state index in [1.807, 2.05) is 30.2 Å². The minimum atomic E-state index is 0. The van der Waals surface area contributed by atoms with E-state index in [2.05, 4.69) is 22.9 Å². The molecule has 2 rings (SSSR count). The van der Waals surface area contributed by atoms with E-state index in [1.165, 1.54) is 0 Å². The molecular weight excluding hydrogens is 359 g/mol. The van der Waals surface area contributed by atoms with Crippen molar-refractivity contribution in [1.82, 2.24) is 9.88 Å². The first kappa shape index (κ1) is 24.0. The van der Waals surface area contributed by atoms with Crippen molar-refractivity contribution >= 4 is 36.5 Å². The van der Waals surface area contributed by atoms with Crippen molar-refractivity contribution in [3.63, 3.8) is 0 Å². The highest BCUT2D eigenvalue weighted by Crippen LogP contribution is 2.22. The van der Waals surface area contributed by atoms with Gasteiger partial charge in [-0.3, -0.25) is 4.79 Å². The summed E-state index contributed by atoms with van der Waals surface area (Å²) in [5.41, 5.74) is 5.75. The highest BCUT2D eigenvalue weighted by molar-refractivity contribution is 5.85. The van der Waals surface area contributed by atoms with Gasteiger partial charge in [-0.15, -0.1) is 24.8 Å². The molecule has 0 aromatic carbocycles. The van der Waals surface area contributed by atoms with E-state index in [9.17, 15) is 4.79 Å². The van der Waals surface area contributed by atoms with Crippen LogP contribution in [0, 0.1) is 5.92 Å². The fourth-order valence-electron chi connectivity index (χ4n) is 3.11. The van der Waals surface area contributed by atoms with Crippen molar-refractivity contribution in [1.29, 1.82) is 0 Å². The Morgan fingerprint density at radius 3 is 2.56 bits per heavy atom. The summed E-state index contributed by atoms with van der Waals surface area (Å²) in [6.07, 6.45) is 5.42. The zero-order valence-electron chi connectivity index (χ0n) is 15.3. The van der Waals surface area contributed by atoms with Gasteiger partial charge in [0, 0.05) is 44.8 Å². The van der Waals surface area contributed by atoms with Crippen molar-refractivity contribution in [2.45, 2.75) is 45.6 Å². The van der Waals surface area contributed by atoms with Crippen molar-refractivity contribution in [3.05, 3.63) is 24.4 Å². The second-order valence-electron chi connectivity index (χ2n) is 6.57. The van der Waals surface area contributed by atoms with Crippen LogP contribution in [0.2, 0.25) is 0 Å². The molecule has 1 unspecified atom stereocenters. The van der Waals surface area contributed by atoms with Gasteiger partial charge in [0.15, 0.2) is 0 Å². The summed E-state index contributed by atoms with van der Waals surface area (Å²) >= 11 is 0. The summed E-state index contributed by atoms with van der Waals surface area (Å²) in [5, 5.41) is 0. The van der Waals surface area contributed by atoms with Crippen LogP contribution in [-0.2, 0) is 4.79 Å². The van der Waals surface area contributed by atoms with Gasteiger partial charge in [0.05, 0.1) is 0 Å². The maximum absolute atomic E-state index is 12.3. The monoisotopic (exact) mass is 390 g/mol. The number of pyridine rings is 1. The van der Waals surface area contributed by atoms with Crippen LogP contribution in [0.15, 0.2) is 24.4 Å². The predicted octanol–water partition coefficient (Wildman–Crippen LogP) is 3.12. The number of anilines is 1. The summed E-state index contributed by atoms with van der Waals surface area (Å²) in [6, 6.07) is 6.14. The molecule has 2 heterocycles. The molecule has 1 saturated heterocycles. The van der Waals surface area contributed by atoms with Crippen LogP contribution in [0.5, 0.6) is 0 Å². The summed E-state index contributed by atoms with van der Waals surface area (Å²) in [6.45, 7) is 7.73. The molecule has 0 spiro atoms. The lowest BCUT2D eigenvalue weighted by Crippen LogP contribution is -2.41. The maximum Gasteiger partial charge on any atom is 0.222 e. The van der Waals surface area contributed by atoms with E-state index in [0.717, 1.165) is 51.3 Å². The third kappa shape index (κ3) is 7.80. The molecule has 1 aliphatic rings. The molecule has 1 atom stereocenters. The molecule has 2 N–H and O–H groups in total. The van der Waals surface area contributed by atoms with Crippen LogP contribution in [-0.4, -0.2) is 48.0 Å². The lowest BCUT2D eigenvalue weighted by atomic mass is 9.96. The van der Waals surface area contributed by atoms with E-state index in [1.54, 1.807) is 0 Å². The number of rotatable bonds is 7. The predicted molar refractivity (Wildman–Crippen MR) is 109 cm³/mol. The minimum Gasteiger partial charge on any atom is -0.357 e. The molecule has 0 aliphatic carbocycles. The van der Waals surface area contributed by atoms with Crippen LogP contribution in [0.4, 0.5) is 5.82 Å². The number of halogens is 2. The molecule has 0 bridgehead atoms. The number of amides is 1. The van der Waals surface area contributed by atoms with Crippen molar-refractivity contribution < 1.29 is 4.79 Å². The second kappa shape index (κ2) is 12.3. The minimum absolute atomic E-state index is 0. The fourth-order valence-corrected chi connectivity index (χ4v) is 3.11. The second-order valence-corrected chi connectivity index (χ2v) is 6.57. The maximum atomic E-state index is 12.3. The summed E-state index contributed by atoms with van der Waals surface area (Å²) in [5.74, 6) is 1.90. The number of piperidine rings is 1. The molecular formula is C18H32Cl2N4O. The third-order valence-corrected chi connectivity index (χ3v) is 4.61. The van der Waals surface area contributed by atoms with Crippen molar-refractivity contribution in [2.75, 3.05) is 31.1 Å². The number of nitrogens with two attached hydrogens (primary N) is 1. The average Bonchev–Trinajstić information content (AvgIpc) is 2.59. The molecule has 7 heteroatoms. The number of nitrogens with zero attached hydrogens (tertiary/aromatic N) is 3. The van der Waals surface area contributed by atoms with Gasteiger partial charge in [-0.05, 0) is 51.2 Å². The van der Waals surface area contributed by atoms with Gasteiger partial charge in [-0.1, -0.05) is 6.07 Å². The number of hydrogen-bond acceptors (Lipinski definition) is 4. The summed E-state index contributed by atoms with van der Waals surface area (Å²) in [4.78, 5) is 21.1. The summed E-state index contributed by atoms with van der Waals surface area (Å²) in [7, 11) is 0. The highest BCUT2D eigenvalue weighted by Gasteiger charge is 2.23. The smallest absolute Gasteiger partial charge is 0.222 e. The Morgan fingerprint density at radius 1 is 1.36 bits per heavy atom. The van der Waals surface area contributed by atoms with E-state index < -0.39 is 0 Å². The molecule has 5 nitrogen and oxygen atoms in total. The zero-order chi connectivity index (χ0) is 16.7. The molecule has 1 aliphatic heterocycles. The first-order valence-electron chi connectivity index (χ1n) is 8.79. The number of hydrogen-bond donors (Lipinski definition) is 1. The highest BCUT2D eigenvalue weighted by atomic mass is 35.5.